The molecule has 0 saturated carbocycles. The second-order valence-electron chi connectivity index (χ2n) is 3.40. The quantitative estimate of drug-likeness (QED) is 0.857. The highest BCUT2D eigenvalue weighted by molar-refractivity contribution is 6.30. The molecule has 0 amide bonds. The minimum atomic E-state index is -0.320. The van der Waals surface area contributed by atoms with E-state index < -0.39 is 0 Å². The molecule has 0 bridgehead atoms. The molecule has 0 aromatic heterocycles. The molecule has 1 unspecified atom stereocenters. The molecule has 80 valence electrons. The maximum atomic E-state index is 13.3. The fourth-order valence-electron chi connectivity index (χ4n) is 1.13. The van der Waals surface area contributed by atoms with Crippen LogP contribution in [0.15, 0.2) is 18.2 Å². The van der Waals surface area contributed by atoms with E-state index in [2.05, 4.69) is 11.4 Å². The third kappa shape index (κ3) is 3.86. The first kappa shape index (κ1) is 12.0. The molecule has 15 heavy (non-hydrogen) atoms. The van der Waals surface area contributed by atoms with Crippen molar-refractivity contribution in [3.63, 3.8) is 0 Å². The maximum Gasteiger partial charge on any atom is 0.129 e. The highest BCUT2D eigenvalue weighted by atomic mass is 35.5. The topological polar surface area (TPSA) is 35.8 Å². The summed E-state index contributed by atoms with van der Waals surface area (Å²) in [6, 6.07) is 6.67. The summed E-state index contributed by atoms with van der Waals surface area (Å²) in [5, 5.41) is 11.9. The van der Waals surface area contributed by atoms with E-state index in [0.717, 1.165) is 0 Å². The van der Waals surface area contributed by atoms with Gasteiger partial charge < -0.3 is 5.32 Å². The highest BCUT2D eigenvalue weighted by Gasteiger charge is 2.03. The van der Waals surface area contributed by atoms with Crippen LogP contribution in [0.25, 0.3) is 0 Å². The van der Waals surface area contributed by atoms with Gasteiger partial charge >= 0.3 is 0 Å². The Balaban J connectivity index is 2.48. The third-order valence-corrected chi connectivity index (χ3v) is 2.24. The van der Waals surface area contributed by atoms with Crippen LogP contribution >= 0.6 is 11.6 Å². The number of nitriles is 1. The van der Waals surface area contributed by atoms with Gasteiger partial charge in [-0.1, -0.05) is 17.7 Å². The summed E-state index contributed by atoms with van der Waals surface area (Å²) in [6.45, 7) is 2.78. The number of hydrogen-bond donors (Lipinski definition) is 1. The average Bonchev–Trinajstić information content (AvgIpc) is 2.21. The van der Waals surface area contributed by atoms with Crippen molar-refractivity contribution in [2.45, 2.75) is 13.5 Å². The third-order valence-electron chi connectivity index (χ3n) is 2.00. The van der Waals surface area contributed by atoms with Crippen molar-refractivity contribution in [1.29, 1.82) is 5.26 Å². The van der Waals surface area contributed by atoms with Crippen LogP contribution in [0.4, 0.5) is 4.39 Å². The van der Waals surface area contributed by atoms with E-state index in [9.17, 15) is 4.39 Å². The van der Waals surface area contributed by atoms with Gasteiger partial charge in [0.1, 0.15) is 5.82 Å². The van der Waals surface area contributed by atoms with Gasteiger partial charge in [0.15, 0.2) is 0 Å². The van der Waals surface area contributed by atoms with Crippen LogP contribution in [0.2, 0.25) is 5.02 Å². The van der Waals surface area contributed by atoms with E-state index in [-0.39, 0.29) is 11.7 Å². The van der Waals surface area contributed by atoms with Crippen molar-refractivity contribution in [3.05, 3.63) is 34.6 Å². The molecular weight excluding hydrogens is 215 g/mol. The molecular formula is C11H12ClFN2. The van der Waals surface area contributed by atoms with Gasteiger partial charge in [-0.3, -0.25) is 0 Å². The summed E-state index contributed by atoms with van der Waals surface area (Å²) < 4.78 is 13.3. The molecule has 0 spiro atoms. The summed E-state index contributed by atoms with van der Waals surface area (Å²) in [5.41, 5.74) is 0.560. The zero-order valence-electron chi connectivity index (χ0n) is 8.43. The number of hydrogen-bond acceptors (Lipinski definition) is 2. The molecule has 1 rings (SSSR count). The van der Waals surface area contributed by atoms with E-state index in [1.54, 1.807) is 12.1 Å². The zero-order chi connectivity index (χ0) is 11.3. The lowest BCUT2D eigenvalue weighted by Gasteiger charge is -2.06. The molecule has 0 radical (unpaired) electrons. The van der Waals surface area contributed by atoms with Crippen molar-refractivity contribution in [2.24, 2.45) is 5.92 Å². The number of halogens is 2. The number of nitrogens with one attached hydrogen (secondary N) is 1. The fraction of sp³-hybridized carbons (Fsp3) is 0.364. The summed E-state index contributed by atoms with van der Waals surface area (Å²) in [6.07, 6.45) is 0. The Morgan fingerprint density at radius 1 is 1.60 bits per heavy atom. The Morgan fingerprint density at radius 3 is 2.93 bits per heavy atom. The van der Waals surface area contributed by atoms with Crippen molar-refractivity contribution in [2.75, 3.05) is 6.54 Å². The summed E-state index contributed by atoms with van der Waals surface area (Å²) in [7, 11) is 0. The molecule has 2 nitrogen and oxygen atoms in total. The van der Waals surface area contributed by atoms with Crippen LogP contribution < -0.4 is 5.32 Å². The van der Waals surface area contributed by atoms with E-state index in [4.69, 9.17) is 16.9 Å². The second kappa shape index (κ2) is 5.69. The first-order valence-corrected chi connectivity index (χ1v) is 5.05. The van der Waals surface area contributed by atoms with Crippen LogP contribution in [0.3, 0.4) is 0 Å². The van der Waals surface area contributed by atoms with E-state index >= 15 is 0 Å². The molecule has 4 heteroatoms. The van der Waals surface area contributed by atoms with E-state index in [0.29, 0.717) is 23.7 Å². The van der Waals surface area contributed by atoms with Crippen molar-refractivity contribution >= 4 is 11.6 Å². The molecule has 0 aliphatic heterocycles. The van der Waals surface area contributed by atoms with Gasteiger partial charge in [-0.15, -0.1) is 0 Å². The molecule has 1 aromatic rings. The lowest BCUT2D eigenvalue weighted by molar-refractivity contribution is 0.564. The molecule has 1 N–H and O–H groups in total. The molecule has 0 fully saturated rings. The largest absolute Gasteiger partial charge is 0.311 e. The van der Waals surface area contributed by atoms with Gasteiger partial charge in [0.25, 0.3) is 0 Å². The van der Waals surface area contributed by atoms with Gasteiger partial charge in [0.05, 0.1) is 12.0 Å². The standard InChI is InChI=1S/C11H12ClFN2/c1-8(5-14)6-15-7-9-2-3-10(12)4-11(9)13/h2-4,8,15H,6-7H2,1H3. The number of rotatable bonds is 4. The van der Waals surface area contributed by atoms with E-state index in [1.807, 2.05) is 6.92 Å². The fourth-order valence-corrected chi connectivity index (χ4v) is 1.29. The van der Waals surface area contributed by atoms with Crippen molar-refractivity contribution < 1.29 is 4.39 Å². The predicted octanol–water partition coefficient (Wildman–Crippen LogP) is 2.73. The van der Waals surface area contributed by atoms with Crippen LogP contribution in [-0.4, -0.2) is 6.54 Å². The minimum Gasteiger partial charge on any atom is -0.311 e. The van der Waals surface area contributed by atoms with Gasteiger partial charge in [-0.05, 0) is 19.1 Å². The summed E-state index contributed by atoms with van der Waals surface area (Å²) in [5.74, 6) is -0.389. The van der Waals surface area contributed by atoms with Crippen LogP contribution in [0.1, 0.15) is 12.5 Å². The Kier molecular flexibility index (Phi) is 4.54. The number of nitrogens with zero attached hydrogens (tertiary/aromatic N) is 1. The first-order chi connectivity index (χ1) is 7.13. The lowest BCUT2D eigenvalue weighted by Crippen LogP contribution is -2.20. The number of benzene rings is 1. The van der Waals surface area contributed by atoms with Gasteiger partial charge in [-0.2, -0.15) is 5.26 Å². The van der Waals surface area contributed by atoms with Crippen LogP contribution in [0.5, 0.6) is 0 Å². The van der Waals surface area contributed by atoms with Gasteiger partial charge in [0, 0.05) is 23.7 Å². The second-order valence-corrected chi connectivity index (χ2v) is 3.83. The lowest BCUT2D eigenvalue weighted by atomic mass is 10.2. The molecule has 1 atom stereocenters. The Morgan fingerprint density at radius 2 is 2.33 bits per heavy atom. The zero-order valence-corrected chi connectivity index (χ0v) is 9.18. The van der Waals surface area contributed by atoms with E-state index in [1.165, 1.54) is 6.07 Å². The van der Waals surface area contributed by atoms with Crippen molar-refractivity contribution in [1.82, 2.24) is 5.32 Å². The van der Waals surface area contributed by atoms with Gasteiger partial charge in [0.2, 0.25) is 0 Å². The average molecular weight is 227 g/mol. The summed E-state index contributed by atoms with van der Waals surface area (Å²) in [4.78, 5) is 0. The Bertz CT molecular complexity index is 373. The van der Waals surface area contributed by atoms with Crippen LogP contribution in [-0.2, 0) is 6.54 Å². The SMILES string of the molecule is CC(C#N)CNCc1ccc(Cl)cc1F. The normalized spacial score (nSPS) is 12.1. The molecule has 0 heterocycles. The minimum absolute atomic E-state index is 0.0691. The molecule has 0 aliphatic rings. The maximum absolute atomic E-state index is 13.3. The summed E-state index contributed by atoms with van der Waals surface area (Å²) >= 11 is 5.62. The smallest absolute Gasteiger partial charge is 0.129 e. The highest BCUT2D eigenvalue weighted by Crippen LogP contribution is 2.14. The Labute approximate surface area is 93.7 Å². The predicted molar refractivity (Wildman–Crippen MR) is 57.9 cm³/mol. The first-order valence-electron chi connectivity index (χ1n) is 4.67. The Hall–Kier alpha value is -1.11. The molecule has 1 aromatic carbocycles. The van der Waals surface area contributed by atoms with Gasteiger partial charge in [-0.25, -0.2) is 4.39 Å². The monoisotopic (exact) mass is 226 g/mol. The molecule has 0 aliphatic carbocycles. The molecule has 0 saturated heterocycles. The van der Waals surface area contributed by atoms with Crippen molar-refractivity contribution in [3.8, 4) is 6.07 Å². The van der Waals surface area contributed by atoms with Crippen LogP contribution in [0, 0.1) is 23.1 Å².